The van der Waals surface area contributed by atoms with Gasteiger partial charge < -0.3 is 26.7 Å². The number of urea groups is 1. The fraction of sp³-hybridized carbons (Fsp3) is 0.500. The number of para-hydroxylation sites is 1. The van der Waals surface area contributed by atoms with E-state index in [1.165, 1.54) is 0 Å². The number of benzene rings is 1. The number of pyridine rings is 1. The van der Waals surface area contributed by atoms with Crippen LogP contribution in [0.25, 0.3) is 21.9 Å². The molecule has 180 valence electrons. The van der Waals surface area contributed by atoms with Crippen molar-refractivity contribution in [2.75, 3.05) is 11.5 Å². The second-order valence-electron chi connectivity index (χ2n) is 9.23. The molecule has 4 heterocycles. The van der Waals surface area contributed by atoms with Crippen LogP contribution in [0.15, 0.2) is 24.3 Å². The second kappa shape index (κ2) is 9.32. The largest absolute Gasteiger partial charge is 0.382 e. The Hall–Kier alpha value is -3.01. The van der Waals surface area contributed by atoms with E-state index in [9.17, 15) is 9.59 Å². The number of amides is 3. The zero-order valence-electron chi connectivity index (χ0n) is 19.3. The molecule has 2 aliphatic rings. The molecular formula is C24H31N7O2S. The fourth-order valence-electron chi connectivity index (χ4n) is 5.30. The van der Waals surface area contributed by atoms with Crippen molar-refractivity contribution in [3.8, 4) is 0 Å². The SMILES string of the molecule is CCCCc1nc2c(N)nc3ccccc3c2n1C(CCC(N)=O)CC1SCC2NC(=O)NC21. The van der Waals surface area contributed by atoms with Gasteiger partial charge >= 0.3 is 6.03 Å². The third kappa shape index (κ3) is 4.15. The van der Waals surface area contributed by atoms with Gasteiger partial charge in [0, 0.05) is 35.3 Å². The van der Waals surface area contributed by atoms with E-state index in [1.54, 1.807) is 0 Å². The highest BCUT2D eigenvalue weighted by molar-refractivity contribution is 8.00. The first-order valence-corrected chi connectivity index (χ1v) is 13.0. The normalized spacial score (nSPS) is 22.6. The monoisotopic (exact) mass is 481 g/mol. The number of nitrogens with one attached hydrogen (secondary N) is 2. The van der Waals surface area contributed by atoms with Crippen LogP contribution in [0.1, 0.15) is 50.9 Å². The number of thioether (sulfide) groups is 1. The number of unbranched alkanes of at least 4 members (excludes halogenated alkanes) is 1. The van der Waals surface area contributed by atoms with Crippen LogP contribution < -0.4 is 22.1 Å². The Bertz CT molecular complexity index is 1240. The molecule has 0 saturated carbocycles. The van der Waals surface area contributed by atoms with E-state index in [1.807, 2.05) is 30.0 Å². The Labute approximate surface area is 202 Å². The predicted molar refractivity (Wildman–Crippen MR) is 136 cm³/mol. The number of carbonyl (C=O) groups is 2. The van der Waals surface area contributed by atoms with Gasteiger partial charge in [-0.05, 0) is 25.3 Å². The second-order valence-corrected chi connectivity index (χ2v) is 10.5. The maximum absolute atomic E-state index is 11.9. The number of hydrogen-bond donors (Lipinski definition) is 4. The Morgan fingerprint density at radius 1 is 1.29 bits per heavy atom. The van der Waals surface area contributed by atoms with E-state index in [4.69, 9.17) is 16.5 Å². The Morgan fingerprint density at radius 2 is 2.12 bits per heavy atom. The number of primary amides is 1. The van der Waals surface area contributed by atoms with Gasteiger partial charge in [-0.2, -0.15) is 11.8 Å². The molecule has 5 rings (SSSR count). The Balaban J connectivity index is 1.63. The number of nitrogens with zero attached hydrogens (tertiary/aromatic N) is 3. The van der Waals surface area contributed by atoms with E-state index in [0.29, 0.717) is 17.8 Å². The maximum Gasteiger partial charge on any atom is 0.315 e. The minimum absolute atomic E-state index is 0.0108. The summed E-state index contributed by atoms with van der Waals surface area (Å²) in [5.74, 6) is 1.94. The summed E-state index contributed by atoms with van der Waals surface area (Å²) in [6.07, 6.45) is 4.54. The third-order valence-corrected chi connectivity index (χ3v) is 8.38. The molecule has 1 aromatic carbocycles. The molecule has 0 aliphatic carbocycles. The first kappa shape index (κ1) is 22.8. The van der Waals surface area contributed by atoms with Crippen molar-refractivity contribution < 1.29 is 9.59 Å². The highest BCUT2D eigenvalue weighted by atomic mass is 32.2. The Morgan fingerprint density at radius 3 is 2.91 bits per heavy atom. The molecule has 2 aliphatic heterocycles. The zero-order chi connectivity index (χ0) is 23.8. The third-order valence-electron chi connectivity index (χ3n) is 6.91. The summed E-state index contributed by atoms with van der Waals surface area (Å²) < 4.78 is 2.30. The van der Waals surface area contributed by atoms with Gasteiger partial charge in [-0.15, -0.1) is 0 Å². The average Bonchev–Trinajstić information content (AvgIpc) is 3.48. The summed E-state index contributed by atoms with van der Waals surface area (Å²) in [7, 11) is 0. The maximum atomic E-state index is 11.9. The van der Waals surface area contributed by atoms with Crippen LogP contribution in [0, 0.1) is 0 Å². The minimum Gasteiger partial charge on any atom is -0.382 e. The number of anilines is 1. The van der Waals surface area contributed by atoms with Gasteiger partial charge in [-0.25, -0.2) is 14.8 Å². The van der Waals surface area contributed by atoms with Crippen molar-refractivity contribution in [1.29, 1.82) is 0 Å². The van der Waals surface area contributed by atoms with E-state index in [0.717, 1.165) is 53.7 Å². The van der Waals surface area contributed by atoms with E-state index in [-0.39, 0.29) is 41.7 Å². The molecule has 4 unspecified atom stereocenters. The molecule has 2 fully saturated rings. The minimum atomic E-state index is -0.316. The van der Waals surface area contributed by atoms with Crippen molar-refractivity contribution in [2.24, 2.45) is 5.73 Å². The molecule has 2 saturated heterocycles. The summed E-state index contributed by atoms with van der Waals surface area (Å²) in [5.41, 5.74) is 14.5. The zero-order valence-corrected chi connectivity index (χ0v) is 20.1. The number of carbonyl (C=O) groups excluding carboxylic acids is 2. The lowest BCUT2D eigenvalue weighted by molar-refractivity contribution is -0.118. The number of imidazole rings is 1. The average molecular weight is 482 g/mol. The number of fused-ring (bicyclic) bond motifs is 4. The van der Waals surface area contributed by atoms with Crippen LogP contribution >= 0.6 is 11.8 Å². The molecule has 3 aromatic rings. The first-order valence-electron chi connectivity index (χ1n) is 12.0. The molecule has 0 bridgehead atoms. The quantitative estimate of drug-likeness (QED) is 0.346. The summed E-state index contributed by atoms with van der Waals surface area (Å²) in [6, 6.07) is 8.07. The molecule has 34 heavy (non-hydrogen) atoms. The van der Waals surface area contributed by atoms with Gasteiger partial charge in [-0.1, -0.05) is 31.5 Å². The fourth-order valence-corrected chi connectivity index (χ4v) is 6.87. The lowest BCUT2D eigenvalue weighted by Crippen LogP contribution is -2.38. The molecule has 3 amide bonds. The molecule has 0 radical (unpaired) electrons. The van der Waals surface area contributed by atoms with Crippen molar-refractivity contribution in [2.45, 2.75) is 68.8 Å². The smallest absolute Gasteiger partial charge is 0.315 e. The van der Waals surface area contributed by atoms with Crippen LogP contribution in [0.2, 0.25) is 0 Å². The highest BCUT2D eigenvalue weighted by Crippen LogP contribution is 2.40. The van der Waals surface area contributed by atoms with E-state index >= 15 is 0 Å². The van der Waals surface area contributed by atoms with Gasteiger partial charge in [0.1, 0.15) is 11.3 Å². The van der Waals surface area contributed by atoms with Gasteiger partial charge in [-0.3, -0.25) is 4.79 Å². The predicted octanol–water partition coefficient (Wildman–Crippen LogP) is 2.87. The van der Waals surface area contributed by atoms with E-state index in [2.05, 4.69) is 33.2 Å². The van der Waals surface area contributed by atoms with Crippen LogP contribution in [-0.4, -0.2) is 49.6 Å². The molecule has 0 spiro atoms. The molecule has 4 atom stereocenters. The van der Waals surface area contributed by atoms with Gasteiger partial charge in [0.25, 0.3) is 0 Å². The number of rotatable bonds is 9. The van der Waals surface area contributed by atoms with Gasteiger partial charge in [0.2, 0.25) is 5.91 Å². The molecule has 6 N–H and O–H groups in total. The van der Waals surface area contributed by atoms with Crippen LogP contribution in [-0.2, 0) is 11.2 Å². The van der Waals surface area contributed by atoms with Gasteiger partial charge in [0.05, 0.1) is 23.1 Å². The standard InChI is InChI=1S/C24H31N7O2S/c1-2-3-8-19-29-21-22(14-6-4-5-7-15(14)27-23(21)26)31(19)13(9-10-18(25)32)11-17-20-16(12-34-17)28-24(33)30-20/h4-7,13,16-17,20H,2-3,8-12H2,1H3,(H2,25,32)(H2,26,27)(H2,28,30,33). The number of aromatic nitrogens is 3. The Kier molecular flexibility index (Phi) is 6.24. The van der Waals surface area contributed by atoms with Crippen LogP contribution in [0.4, 0.5) is 10.6 Å². The van der Waals surface area contributed by atoms with E-state index < -0.39 is 0 Å². The lowest BCUT2D eigenvalue weighted by atomic mass is 9.98. The summed E-state index contributed by atoms with van der Waals surface area (Å²) >= 11 is 1.87. The molecule has 9 nitrogen and oxygen atoms in total. The van der Waals surface area contributed by atoms with Gasteiger partial charge in [0.15, 0.2) is 5.82 Å². The summed E-state index contributed by atoms with van der Waals surface area (Å²) in [5, 5.41) is 7.33. The number of nitrogen functional groups attached to an aromatic ring is 1. The van der Waals surface area contributed by atoms with Crippen molar-refractivity contribution >= 4 is 51.5 Å². The number of nitrogens with two attached hydrogens (primary N) is 2. The van der Waals surface area contributed by atoms with Crippen LogP contribution in [0.5, 0.6) is 0 Å². The molecule has 2 aromatic heterocycles. The van der Waals surface area contributed by atoms with Crippen LogP contribution in [0.3, 0.4) is 0 Å². The van der Waals surface area contributed by atoms with Crippen molar-refractivity contribution in [1.82, 2.24) is 25.2 Å². The summed E-state index contributed by atoms with van der Waals surface area (Å²) in [6.45, 7) is 2.16. The highest BCUT2D eigenvalue weighted by Gasteiger charge is 2.44. The first-order chi connectivity index (χ1) is 16.5. The van der Waals surface area contributed by atoms with Crippen molar-refractivity contribution in [3.63, 3.8) is 0 Å². The molecular weight excluding hydrogens is 450 g/mol. The lowest BCUT2D eigenvalue weighted by Gasteiger charge is -2.27. The summed E-state index contributed by atoms with van der Waals surface area (Å²) in [4.78, 5) is 33.3. The topological polar surface area (TPSA) is 141 Å². The molecule has 10 heteroatoms. The number of hydrogen-bond acceptors (Lipinski definition) is 6. The van der Waals surface area contributed by atoms with Crippen molar-refractivity contribution in [3.05, 3.63) is 30.1 Å². The number of aryl methyl sites for hydroxylation is 1.